The molecule has 17 heavy (non-hydrogen) atoms. The molecule has 0 spiro atoms. The van der Waals surface area contributed by atoms with Crippen LogP contribution in [0.1, 0.15) is 11.7 Å². The van der Waals surface area contributed by atoms with E-state index in [-0.39, 0.29) is 0 Å². The number of halogens is 4. The summed E-state index contributed by atoms with van der Waals surface area (Å²) in [6, 6.07) is 7.07. The van der Waals surface area contributed by atoms with Gasteiger partial charge in [-0.1, -0.05) is 34.1 Å². The van der Waals surface area contributed by atoms with E-state index in [2.05, 4.69) is 21.2 Å². The highest BCUT2D eigenvalue weighted by molar-refractivity contribution is 9.10. The first-order valence-corrected chi connectivity index (χ1v) is 5.80. The molecule has 0 aromatic heterocycles. The van der Waals surface area contributed by atoms with Gasteiger partial charge in [-0.2, -0.15) is 13.2 Å². The third kappa shape index (κ3) is 5.06. The van der Waals surface area contributed by atoms with Gasteiger partial charge in [0.05, 0.1) is 6.10 Å². The third-order valence-corrected chi connectivity index (χ3v) is 2.81. The van der Waals surface area contributed by atoms with E-state index >= 15 is 0 Å². The zero-order valence-electron chi connectivity index (χ0n) is 9.22. The minimum Gasteiger partial charge on any atom is -0.363 e. The van der Waals surface area contributed by atoms with Gasteiger partial charge in [-0.3, -0.25) is 0 Å². The molecule has 0 amide bonds. The smallest absolute Gasteiger partial charge is 0.363 e. The molecule has 6 heteroatoms. The fourth-order valence-electron chi connectivity index (χ4n) is 1.38. The Bertz CT molecular complexity index is 357. The van der Waals surface area contributed by atoms with Crippen LogP contribution in [0.25, 0.3) is 0 Å². The maximum atomic E-state index is 12.1. The highest BCUT2D eigenvalue weighted by Gasteiger charge is 2.29. The Kier molecular flexibility index (Phi) is 5.42. The van der Waals surface area contributed by atoms with Crippen LogP contribution in [0, 0.1) is 0 Å². The minimum atomic E-state index is -4.31. The zero-order valence-corrected chi connectivity index (χ0v) is 10.8. The van der Waals surface area contributed by atoms with E-state index in [4.69, 9.17) is 4.74 Å². The van der Waals surface area contributed by atoms with Gasteiger partial charge in [-0.15, -0.1) is 0 Å². The lowest BCUT2D eigenvalue weighted by Crippen LogP contribution is -2.25. The second-order valence-electron chi connectivity index (χ2n) is 3.49. The summed E-state index contributed by atoms with van der Waals surface area (Å²) in [6.45, 7) is -0.931. The lowest BCUT2D eigenvalue weighted by molar-refractivity contribution is -0.185. The van der Waals surface area contributed by atoms with Gasteiger partial charge < -0.3 is 10.1 Å². The Morgan fingerprint density at radius 2 is 2.00 bits per heavy atom. The molecule has 0 saturated carbocycles. The molecule has 0 bridgehead atoms. The summed E-state index contributed by atoms with van der Waals surface area (Å²) in [5, 5.41) is 2.82. The second kappa shape index (κ2) is 6.37. The Labute approximate surface area is 106 Å². The van der Waals surface area contributed by atoms with Crippen LogP contribution in [0.2, 0.25) is 0 Å². The Balaban J connectivity index is 2.75. The molecule has 0 saturated heterocycles. The standard InChI is InChI=1S/C11H13BrF3NO/c1-16-6-10(17-7-11(13,14)15)8-4-2-3-5-9(8)12/h2-5,10,16H,6-7H2,1H3. The van der Waals surface area contributed by atoms with Crippen molar-refractivity contribution in [2.45, 2.75) is 12.3 Å². The molecule has 1 aromatic carbocycles. The summed E-state index contributed by atoms with van der Waals surface area (Å²) in [7, 11) is 1.67. The number of rotatable bonds is 5. The van der Waals surface area contributed by atoms with E-state index in [9.17, 15) is 13.2 Å². The molecule has 2 nitrogen and oxygen atoms in total. The number of benzene rings is 1. The fourth-order valence-corrected chi connectivity index (χ4v) is 1.92. The molecule has 1 unspecified atom stereocenters. The molecule has 1 atom stereocenters. The van der Waals surface area contributed by atoms with Crippen LogP contribution >= 0.6 is 15.9 Å². The first-order chi connectivity index (χ1) is 7.94. The molecular formula is C11H13BrF3NO. The van der Waals surface area contributed by atoms with E-state index in [0.717, 1.165) is 4.47 Å². The van der Waals surface area contributed by atoms with Gasteiger partial charge in [-0.05, 0) is 18.7 Å². The monoisotopic (exact) mass is 311 g/mol. The van der Waals surface area contributed by atoms with Gasteiger partial charge in [0.15, 0.2) is 0 Å². The number of nitrogens with one attached hydrogen (secondary N) is 1. The van der Waals surface area contributed by atoms with Crippen LogP contribution in [0.15, 0.2) is 28.7 Å². The van der Waals surface area contributed by atoms with Crippen molar-refractivity contribution in [1.82, 2.24) is 5.32 Å². The van der Waals surface area contributed by atoms with Gasteiger partial charge >= 0.3 is 6.18 Å². The van der Waals surface area contributed by atoms with Gasteiger partial charge in [-0.25, -0.2) is 0 Å². The summed E-state index contributed by atoms with van der Waals surface area (Å²) in [6.07, 6.45) is -4.94. The van der Waals surface area contributed by atoms with E-state index in [1.165, 1.54) is 0 Å². The van der Waals surface area contributed by atoms with Gasteiger partial charge in [0.2, 0.25) is 0 Å². The quantitative estimate of drug-likeness (QED) is 0.901. The van der Waals surface area contributed by atoms with Crippen LogP contribution < -0.4 is 5.32 Å². The highest BCUT2D eigenvalue weighted by atomic mass is 79.9. The molecule has 0 radical (unpaired) electrons. The van der Waals surface area contributed by atoms with E-state index in [1.54, 1.807) is 31.3 Å². The molecule has 1 rings (SSSR count). The summed E-state index contributed by atoms with van der Waals surface area (Å²) in [5.74, 6) is 0. The van der Waals surface area contributed by atoms with E-state index in [0.29, 0.717) is 12.1 Å². The van der Waals surface area contributed by atoms with Crippen molar-refractivity contribution < 1.29 is 17.9 Å². The van der Waals surface area contributed by atoms with Crippen molar-refractivity contribution in [3.63, 3.8) is 0 Å². The Morgan fingerprint density at radius 3 is 2.53 bits per heavy atom. The van der Waals surface area contributed by atoms with Crippen molar-refractivity contribution in [2.24, 2.45) is 0 Å². The Morgan fingerprint density at radius 1 is 1.35 bits per heavy atom. The number of hydrogen-bond acceptors (Lipinski definition) is 2. The van der Waals surface area contributed by atoms with Crippen molar-refractivity contribution in [1.29, 1.82) is 0 Å². The number of alkyl halides is 3. The SMILES string of the molecule is CNCC(OCC(F)(F)F)c1ccccc1Br. The molecular weight excluding hydrogens is 299 g/mol. The summed E-state index contributed by atoms with van der Waals surface area (Å²) < 4.78 is 42.0. The Hall–Kier alpha value is -0.590. The maximum absolute atomic E-state index is 12.1. The van der Waals surface area contributed by atoms with E-state index in [1.807, 2.05) is 0 Å². The first-order valence-electron chi connectivity index (χ1n) is 5.01. The molecule has 0 aliphatic heterocycles. The van der Waals surface area contributed by atoms with Gasteiger partial charge in [0.1, 0.15) is 6.61 Å². The lowest BCUT2D eigenvalue weighted by atomic mass is 10.1. The highest BCUT2D eigenvalue weighted by Crippen LogP contribution is 2.27. The van der Waals surface area contributed by atoms with E-state index < -0.39 is 18.9 Å². The fraction of sp³-hybridized carbons (Fsp3) is 0.455. The van der Waals surface area contributed by atoms with Crippen LogP contribution in [-0.4, -0.2) is 26.4 Å². The molecule has 0 fully saturated rings. The van der Waals surface area contributed by atoms with Crippen molar-refractivity contribution in [3.8, 4) is 0 Å². The lowest BCUT2D eigenvalue weighted by Gasteiger charge is -2.20. The predicted octanol–water partition coefficient (Wildman–Crippen LogP) is 3.29. The summed E-state index contributed by atoms with van der Waals surface area (Å²) in [4.78, 5) is 0. The molecule has 0 aliphatic rings. The maximum Gasteiger partial charge on any atom is 0.411 e. The van der Waals surface area contributed by atoms with Crippen molar-refractivity contribution in [3.05, 3.63) is 34.3 Å². The number of ether oxygens (including phenoxy) is 1. The molecule has 0 heterocycles. The zero-order chi connectivity index (χ0) is 12.9. The van der Waals surface area contributed by atoms with Crippen LogP contribution in [0.3, 0.4) is 0 Å². The second-order valence-corrected chi connectivity index (χ2v) is 4.35. The van der Waals surface area contributed by atoms with Crippen LogP contribution in [0.5, 0.6) is 0 Å². The summed E-state index contributed by atoms with van der Waals surface area (Å²) >= 11 is 3.30. The largest absolute Gasteiger partial charge is 0.411 e. The third-order valence-electron chi connectivity index (χ3n) is 2.09. The normalized spacial score (nSPS) is 13.7. The van der Waals surface area contributed by atoms with Gasteiger partial charge in [0.25, 0.3) is 0 Å². The van der Waals surface area contributed by atoms with Crippen molar-refractivity contribution >= 4 is 15.9 Å². The average molecular weight is 312 g/mol. The topological polar surface area (TPSA) is 21.3 Å². The summed E-state index contributed by atoms with van der Waals surface area (Å²) in [5.41, 5.74) is 0.700. The average Bonchev–Trinajstić information content (AvgIpc) is 2.24. The molecule has 1 N–H and O–H groups in total. The predicted molar refractivity (Wildman–Crippen MR) is 62.8 cm³/mol. The minimum absolute atomic E-state index is 0.318. The number of likely N-dealkylation sites (N-methyl/N-ethyl adjacent to an activating group) is 1. The molecule has 0 aliphatic carbocycles. The first kappa shape index (κ1) is 14.5. The molecule has 1 aromatic rings. The van der Waals surface area contributed by atoms with Crippen LogP contribution in [0.4, 0.5) is 13.2 Å². The van der Waals surface area contributed by atoms with Crippen molar-refractivity contribution in [2.75, 3.05) is 20.2 Å². The van der Waals surface area contributed by atoms with Gasteiger partial charge in [0, 0.05) is 11.0 Å². The number of hydrogen-bond donors (Lipinski definition) is 1. The van der Waals surface area contributed by atoms with Crippen LogP contribution in [-0.2, 0) is 4.74 Å². The molecule has 96 valence electrons.